The Hall–Kier alpha value is -2.67. The topological polar surface area (TPSA) is 36.9 Å². The Morgan fingerprint density at radius 2 is 1.26 bits per heavy atom. The normalized spacial score (nSPS) is 21.5. The van der Waals surface area contributed by atoms with Crippen LogP contribution in [0.4, 0.5) is 39.5 Å². The molecule has 2 aliphatic rings. The van der Waals surface area contributed by atoms with E-state index in [-0.39, 0.29) is 36.8 Å². The van der Waals surface area contributed by atoms with Crippen LogP contribution in [0.15, 0.2) is 24.3 Å². The molecule has 35 heavy (non-hydrogen) atoms. The number of benzene rings is 2. The van der Waals surface area contributed by atoms with Gasteiger partial charge in [-0.2, -0.15) is 8.78 Å². The Morgan fingerprint density at radius 3 is 1.71 bits per heavy atom. The highest BCUT2D eigenvalue weighted by molar-refractivity contribution is 5.36. The molecule has 0 spiro atoms. The number of hydrogen-bond acceptors (Lipinski definition) is 4. The Labute approximate surface area is 192 Å². The monoisotopic (exact) mass is 516 g/mol. The van der Waals surface area contributed by atoms with Gasteiger partial charge in [0.05, 0.1) is 13.2 Å². The molecule has 1 saturated carbocycles. The van der Waals surface area contributed by atoms with Gasteiger partial charge in [0.1, 0.15) is 22.9 Å². The molecule has 2 aromatic rings. The Morgan fingerprint density at radius 1 is 0.714 bits per heavy atom. The molecule has 4 nitrogen and oxygen atoms in total. The lowest BCUT2D eigenvalue weighted by Crippen LogP contribution is -2.35. The molecule has 0 N–H and O–H groups in total. The minimum Gasteiger partial charge on any atom is -0.429 e. The molecule has 1 saturated heterocycles. The highest BCUT2D eigenvalue weighted by atomic mass is 19.4. The van der Waals surface area contributed by atoms with Crippen LogP contribution in [-0.4, -0.2) is 19.6 Å². The van der Waals surface area contributed by atoms with E-state index in [1.165, 1.54) is 0 Å². The van der Waals surface area contributed by atoms with Gasteiger partial charge in [0, 0.05) is 23.6 Å². The van der Waals surface area contributed by atoms with Crippen molar-refractivity contribution in [1.29, 1.82) is 0 Å². The molecule has 1 aliphatic heterocycles. The third-order valence-corrected chi connectivity index (χ3v) is 5.80. The molecule has 1 heterocycles. The molecule has 0 amide bonds. The maximum absolute atomic E-state index is 14.5. The standard InChI is InChI=1S/C22H17F9O4/c23-14-4-11(20-32-8-12(9-33-20)10-2-1-3-10)5-15(24)18(14)21(27,28)34-13-6-16(25)19(17(26)7-13)35-22(29,30)31/h4-7,10,12,20H,1-3,8-9H2. The lowest BCUT2D eigenvalue weighted by Gasteiger charge is -2.38. The molecule has 0 atom stereocenters. The predicted molar refractivity (Wildman–Crippen MR) is 99.4 cm³/mol. The maximum Gasteiger partial charge on any atom is 0.573 e. The molecule has 192 valence electrons. The summed E-state index contributed by atoms with van der Waals surface area (Å²) in [6.45, 7) is 0.537. The predicted octanol–water partition coefficient (Wildman–Crippen LogP) is 6.73. The molecule has 2 fully saturated rings. The molecular formula is C22H17F9O4. The molecule has 0 aromatic heterocycles. The Kier molecular flexibility index (Phi) is 6.84. The molecular weight excluding hydrogens is 499 g/mol. The van der Waals surface area contributed by atoms with Crippen molar-refractivity contribution in [3.05, 3.63) is 58.7 Å². The molecule has 0 bridgehead atoms. The quantitative estimate of drug-likeness (QED) is 0.399. The fourth-order valence-electron chi connectivity index (χ4n) is 3.91. The van der Waals surface area contributed by atoms with E-state index in [1.54, 1.807) is 0 Å². The minimum atomic E-state index is -5.47. The van der Waals surface area contributed by atoms with Gasteiger partial charge in [0.15, 0.2) is 17.9 Å². The van der Waals surface area contributed by atoms with Crippen LogP contribution in [0.25, 0.3) is 0 Å². The summed E-state index contributed by atoms with van der Waals surface area (Å²) in [6, 6.07) is 0.992. The van der Waals surface area contributed by atoms with Crippen LogP contribution in [-0.2, 0) is 15.6 Å². The van der Waals surface area contributed by atoms with Crippen molar-refractivity contribution in [2.45, 2.75) is 38.0 Å². The fraction of sp³-hybridized carbons (Fsp3) is 0.455. The molecule has 2 aromatic carbocycles. The summed E-state index contributed by atoms with van der Waals surface area (Å²) in [5.41, 5.74) is -2.10. The number of hydrogen-bond donors (Lipinski definition) is 0. The second-order valence-corrected chi connectivity index (χ2v) is 8.19. The van der Waals surface area contributed by atoms with Crippen LogP contribution >= 0.6 is 0 Å². The van der Waals surface area contributed by atoms with E-state index >= 15 is 0 Å². The first-order valence-corrected chi connectivity index (χ1v) is 10.4. The van der Waals surface area contributed by atoms with E-state index in [0.717, 1.165) is 19.3 Å². The lowest BCUT2D eigenvalue weighted by molar-refractivity contribution is -0.276. The molecule has 0 radical (unpaired) electrons. The number of rotatable bonds is 6. The van der Waals surface area contributed by atoms with Gasteiger partial charge in [-0.15, -0.1) is 13.2 Å². The summed E-state index contributed by atoms with van der Waals surface area (Å²) in [6.07, 6.45) is -8.30. The van der Waals surface area contributed by atoms with E-state index in [9.17, 15) is 39.5 Å². The van der Waals surface area contributed by atoms with E-state index < -0.39 is 59.1 Å². The van der Waals surface area contributed by atoms with E-state index in [1.807, 2.05) is 0 Å². The smallest absolute Gasteiger partial charge is 0.429 e. The average Bonchev–Trinajstić information content (AvgIpc) is 2.68. The van der Waals surface area contributed by atoms with Crippen LogP contribution in [0, 0.1) is 35.1 Å². The van der Waals surface area contributed by atoms with E-state index in [4.69, 9.17) is 9.47 Å². The summed E-state index contributed by atoms with van der Waals surface area (Å²) >= 11 is 0. The first-order chi connectivity index (χ1) is 16.3. The third kappa shape index (κ3) is 5.61. The molecule has 1 aliphatic carbocycles. The summed E-state index contributed by atoms with van der Waals surface area (Å²) in [5.74, 6) is -10.3. The lowest BCUT2D eigenvalue weighted by atomic mass is 9.76. The van der Waals surface area contributed by atoms with Crippen LogP contribution in [0.3, 0.4) is 0 Å². The molecule has 0 unspecified atom stereocenters. The van der Waals surface area contributed by atoms with Crippen molar-refractivity contribution >= 4 is 0 Å². The van der Waals surface area contributed by atoms with Gasteiger partial charge in [-0.05, 0) is 18.1 Å². The SMILES string of the molecule is Fc1cc(OC(F)(F)c2c(F)cc(C3OCC(C4CCC4)CO3)cc2F)cc(F)c1OC(F)(F)F. The average molecular weight is 516 g/mol. The second kappa shape index (κ2) is 9.41. The first-order valence-electron chi connectivity index (χ1n) is 10.4. The van der Waals surface area contributed by atoms with Gasteiger partial charge >= 0.3 is 12.5 Å². The fourth-order valence-corrected chi connectivity index (χ4v) is 3.91. The van der Waals surface area contributed by atoms with Crippen LogP contribution in [0.1, 0.15) is 36.7 Å². The van der Waals surface area contributed by atoms with Gasteiger partial charge in [0.2, 0.25) is 5.75 Å². The van der Waals surface area contributed by atoms with Gasteiger partial charge in [-0.3, -0.25) is 0 Å². The Balaban J connectivity index is 1.51. The van der Waals surface area contributed by atoms with Gasteiger partial charge in [-0.1, -0.05) is 19.3 Å². The zero-order chi connectivity index (χ0) is 25.5. The molecule has 4 rings (SSSR count). The van der Waals surface area contributed by atoms with Crippen molar-refractivity contribution in [3.8, 4) is 11.5 Å². The maximum atomic E-state index is 14.5. The van der Waals surface area contributed by atoms with Crippen molar-refractivity contribution < 1.29 is 58.5 Å². The van der Waals surface area contributed by atoms with Crippen LogP contribution < -0.4 is 9.47 Å². The Bertz CT molecular complexity index is 1030. The molecule has 13 heteroatoms. The summed E-state index contributed by atoms with van der Waals surface area (Å²) in [7, 11) is 0. The van der Waals surface area contributed by atoms with E-state index in [2.05, 4.69) is 9.47 Å². The van der Waals surface area contributed by atoms with Crippen molar-refractivity contribution in [2.75, 3.05) is 13.2 Å². The van der Waals surface area contributed by atoms with Crippen molar-refractivity contribution in [1.82, 2.24) is 0 Å². The number of halogens is 9. The number of alkyl halides is 5. The van der Waals surface area contributed by atoms with Gasteiger partial charge < -0.3 is 18.9 Å². The third-order valence-electron chi connectivity index (χ3n) is 5.80. The zero-order valence-corrected chi connectivity index (χ0v) is 17.6. The van der Waals surface area contributed by atoms with Crippen molar-refractivity contribution in [2.24, 2.45) is 11.8 Å². The van der Waals surface area contributed by atoms with Crippen molar-refractivity contribution in [3.63, 3.8) is 0 Å². The summed E-state index contributed by atoms with van der Waals surface area (Å²) in [5, 5.41) is 0. The summed E-state index contributed by atoms with van der Waals surface area (Å²) in [4.78, 5) is 0. The summed E-state index contributed by atoms with van der Waals surface area (Å²) < 4.78 is 141. The highest BCUT2D eigenvalue weighted by Gasteiger charge is 2.43. The van der Waals surface area contributed by atoms with Gasteiger partial charge in [-0.25, -0.2) is 17.6 Å². The largest absolute Gasteiger partial charge is 0.573 e. The minimum absolute atomic E-state index is 0.0511. The van der Waals surface area contributed by atoms with E-state index in [0.29, 0.717) is 18.1 Å². The highest BCUT2D eigenvalue weighted by Crippen LogP contribution is 2.41. The second-order valence-electron chi connectivity index (χ2n) is 8.19. The number of ether oxygens (including phenoxy) is 4. The first kappa shape index (κ1) is 25.4. The van der Waals surface area contributed by atoms with Crippen LogP contribution in [0.5, 0.6) is 11.5 Å². The van der Waals surface area contributed by atoms with Crippen LogP contribution in [0.2, 0.25) is 0 Å². The zero-order valence-electron chi connectivity index (χ0n) is 17.6. The van der Waals surface area contributed by atoms with Gasteiger partial charge in [0.25, 0.3) is 0 Å².